The monoisotopic (exact) mass is 444 g/mol. The van der Waals surface area contributed by atoms with Crippen molar-refractivity contribution in [2.24, 2.45) is 10.3 Å². The number of nitrogens with zero attached hydrogens (tertiary/aromatic N) is 2. The highest BCUT2D eigenvalue weighted by Crippen LogP contribution is 2.27. The van der Waals surface area contributed by atoms with Gasteiger partial charge in [0.2, 0.25) is 8.68 Å². The molecule has 146 valence electrons. The minimum atomic E-state index is -3.82. The number of nitrogens with two attached hydrogens (primary N) is 2. The summed E-state index contributed by atoms with van der Waals surface area (Å²) in [6, 6.07) is 0. The Morgan fingerprint density at radius 2 is 1.54 bits per heavy atom. The Balaban J connectivity index is 0.000000260. The second kappa shape index (κ2) is 8.03. The number of rotatable bonds is 4. The van der Waals surface area contributed by atoms with E-state index in [2.05, 4.69) is 14.7 Å². The number of thiazole rings is 2. The molecule has 0 aromatic carbocycles. The normalized spacial score (nSPS) is 12.2. The van der Waals surface area contributed by atoms with Gasteiger partial charge in [0.15, 0.2) is 0 Å². The number of carbonyl (C=O) groups excluding carboxylic acids is 1. The molecular weight excluding hydrogens is 428 g/mol. The van der Waals surface area contributed by atoms with E-state index in [0.717, 1.165) is 17.5 Å². The highest BCUT2D eigenvalue weighted by Gasteiger charge is 2.22. The zero-order valence-electron chi connectivity index (χ0n) is 13.7. The molecule has 0 saturated heterocycles. The Morgan fingerprint density at radius 1 is 1.08 bits per heavy atom. The largest absolute Gasteiger partial charge is 0.465 e. The molecule has 2 heterocycles. The van der Waals surface area contributed by atoms with Crippen LogP contribution in [0.1, 0.15) is 28.4 Å². The van der Waals surface area contributed by atoms with Crippen LogP contribution in [0.15, 0.2) is 21.1 Å². The molecule has 0 aliphatic carbocycles. The Labute approximate surface area is 157 Å². The molecule has 0 aliphatic rings. The Hall–Kier alpha value is -1.49. The predicted octanol–water partition coefficient (Wildman–Crippen LogP) is -0.405. The summed E-state index contributed by atoms with van der Waals surface area (Å²) >= 11 is 1.55. The quantitative estimate of drug-likeness (QED) is 0.526. The maximum atomic E-state index is 10.9. The van der Waals surface area contributed by atoms with E-state index < -0.39 is 31.6 Å². The van der Waals surface area contributed by atoms with E-state index in [-0.39, 0.29) is 13.6 Å². The highest BCUT2D eigenvalue weighted by molar-refractivity contribution is 7.91. The van der Waals surface area contributed by atoms with Crippen molar-refractivity contribution < 1.29 is 31.5 Å². The third-order valence-corrected chi connectivity index (χ3v) is 7.40. The molecule has 15 heteroatoms. The molecule has 0 radical (unpaired) electrons. The fraction of sp³-hybridized carbons (Fsp3) is 0.364. The first-order valence-corrected chi connectivity index (χ1v) is 11.2. The molecule has 0 saturated carbocycles. The van der Waals surface area contributed by atoms with E-state index in [4.69, 9.17) is 10.3 Å². The number of carbonyl (C=O) groups is 1. The first kappa shape index (κ1) is 22.6. The fourth-order valence-corrected chi connectivity index (χ4v) is 4.34. The number of aliphatic hydroxyl groups is 1. The molecule has 0 unspecified atom stereocenters. The van der Waals surface area contributed by atoms with Crippen LogP contribution >= 0.6 is 22.7 Å². The van der Waals surface area contributed by atoms with Crippen molar-refractivity contribution in [3.05, 3.63) is 22.1 Å². The summed E-state index contributed by atoms with van der Waals surface area (Å²) in [5.41, 5.74) is -1.08. The van der Waals surface area contributed by atoms with Gasteiger partial charge in [-0.3, -0.25) is 0 Å². The summed E-state index contributed by atoms with van der Waals surface area (Å²) in [5.74, 6) is -0.632. The van der Waals surface area contributed by atoms with Crippen LogP contribution in [-0.4, -0.2) is 45.0 Å². The Bertz CT molecular complexity index is 986. The maximum absolute atomic E-state index is 10.9. The Morgan fingerprint density at radius 3 is 1.85 bits per heavy atom. The van der Waals surface area contributed by atoms with Gasteiger partial charge in [-0.1, -0.05) is 11.3 Å². The van der Waals surface area contributed by atoms with E-state index in [1.54, 1.807) is 13.8 Å². The molecule has 0 spiro atoms. The highest BCUT2D eigenvalue weighted by atomic mass is 32.3. The third-order valence-electron chi connectivity index (χ3n) is 2.45. The molecule has 0 fully saturated rings. The van der Waals surface area contributed by atoms with E-state index >= 15 is 0 Å². The first-order chi connectivity index (χ1) is 11.7. The molecular formula is C11H16N4O7S4. The summed E-state index contributed by atoms with van der Waals surface area (Å²) in [6.07, 6.45) is 2.42. The number of ether oxygens (including phenoxy) is 1. The number of sulfonamides is 2. The lowest BCUT2D eigenvalue weighted by Gasteiger charge is -2.12. The summed E-state index contributed by atoms with van der Waals surface area (Å²) in [4.78, 5) is 18.5. The van der Waals surface area contributed by atoms with E-state index in [1.807, 2.05) is 0 Å². The standard InChI is InChI=1S/C6H10N2O3S2.C5H6N2O4S2/c1-6(2,9)4-3-8-5(12-4)13(7,10)11;1-11-4(8)3-2-7-5(12-3)13(6,9)10/h3,9H,1-2H3,(H2,7,10,11);2H,1H3,(H2,6,9,10). The summed E-state index contributed by atoms with van der Waals surface area (Å²) in [7, 11) is -6.38. The summed E-state index contributed by atoms with van der Waals surface area (Å²) in [5, 5.41) is 19.1. The van der Waals surface area contributed by atoms with E-state index in [0.29, 0.717) is 16.2 Å². The maximum Gasteiger partial charge on any atom is 0.349 e. The average Bonchev–Trinajstić information content (AvgIpc) is 3.14. The van der Waals surface area contributed by atoms with Crippen LogP contribution < -0.4 is 10.3 Å². The van der Waals surface area contributed by atoms with E-state index in [1.165, 1.54) is 13.3 Å². The number of hydrogen-bond acceptors (Lipinski definition) is 11. The van der Waals surface area contributed by atoms with Crippen molar-refractivity contribution in [2.45, 2.75) is 28.1 Å². The molecule has 0 amide bonds. The van der Waals surface area contributed by atoms with Gasteiger partial charge in [0, 0.05) is 6.20 Å². The number of methoxy groups -OCH3 is 1. The van der Waals surface area contributed by atoms with Gasteiger partial charge < -0.3 is 9.84 Å². The fourth-order valence-electron chi connectivity index (χ4n) is 1.26. The van der Waals surface area contributed by atoms with Gasteiger partial charge in [-0.25, -0.2) is 41.9 Å². The molecule has 0 aliphatic heterocycles. The number of aromatic nitrogens is 2. The zero-order chi connectivity index (χ0) is 20.3. The van der Waals surface area contributed by atoms with Gasteiger partial charge in [0.25, 0.3) is 20.0 Å². The van der Waals surface area contributed by atoms with Crippen molar-refractivity contribution in [3.8, 4) is 0 Å². The second-order valence-corrected chi connectivity index (χ2v) is 10.7. The van der Waals surface area contributed by atoms with Crippen molar-refractivity contribution >= 4 is 48.7 Å². The van der Waals surface area contributed by atoms with Crippen LogP contribution in [-0.2, 0) is 30.4 Å². The van der Waals surface area contributed by atoms with Crippen LogP contribution in [0.2, 0.25) is 0 Å². The van der Waals surface area contributed by atoms with Crippen LogP contribution in [0.3, 0.4) is 0 Å². The van der Waals surface area contributed by atoms with Crippen LogP contribution in [0.4, 0.5) is 0 Å². The van der Waals surface area contributed by atoms with Gasteiger partial charge >= 0.3 is 5.97 Å². The lowest BCUT2D eigenvalue weighted by atomic mass is 10.1. The number of esters is 1. The van der Waals surface area contributed by atoms with Gasteiger partial charge in [-0.15, -0.1) is 11.3 Å². The smallest absolute Gasteiger partial charge is 0.349 e. The molecule has 0 atom stereocenters. The average molecular weight is 445 g/mol. The van der Waals surface area contributed by atoms with Crippen LogP contribution in [0.25, 0.3) is 0 Å². The summed E-state index contributed by atoms with van der Waals surface area (Å²) in [6.45, 7) is 3.10. The SMILES string of the molecule is CC(C)(O)c1cnc(S(N)(=O)=O)s1.COC(=O)c1cnc(S(N)(=O)=O)s1. The lowest BCUT2D eigenvalue weighted by Crippen LogP contribution is -2.13. The topological polar surface area (TPSA) is 193 Å². The van der Waals surface area contributed by atoms with Crippen molar-refractivity contribution in [2.75, 3.05) is 7.11 Å². The predicted molar refractivity (Wildman–Crippen MR) is 93.6 cm³/mol. The Kier molecular flexibility index (Phi) is 6.97. The summed E-state index contributed by atoms with van der Waals surface area (Å²) < 4.78 is 47.0. The third kappa shape index (κ3) is 6.35. The zero-order valence-corrected chi connectivity index (χ0v) is 17.0. The first-order valence-electron chi connectivity index (χ1n) is 6.44. The van der Waals surface area contributed by atoms with Gasteiger partial charge in [0.05, 0.1) is 23.8 Å². The van der Waals surface area contributed by atoms with E-state index in [9.17, 15) is 26.7 Å². The molecule has 2 aromatic heterocycles. The minimum absolute atomic E-state index is 0.103. The molecule has 0 bridgehead atoms. The van der Waals surface area contributed by atoms with Crippen LogP contribution in [0, 0.1) is 0 Å². The number of hydrogen-bond donors (Lipinski definition) is 3. The number of primary sulfonamides is 2. The molecule has 2 rings (SSSR count). The molecule has 11 nitrogen and oxygen atoms in total. The molecule has 5 N–H and O–H groups in total. The van der Waals surface area contributed by atoms with Crippen LogP contribution in [0.5, 0.6) is 0 Å². The lowest BCUT2D eigenvalue weighted by molar-refractivity contribution is 0.0605. The van der Waals surface area contributed by atoms with Gasteiger partial charge in [-0.05, 0) is 13.8 Å². The molecule has 2 aromatic rings. The van der Waals surface area contributed by atoms with Crippen molar-refractivity contribution in [1.29, 1.82) is 0 Å². The molecule has 26 heavy (non-hydrogen) atoms. The van der Waals surface area contributed by atoms with Crippen molar-refractivity contribution in [1.82, 2.24) is 9.97 Å². The van der Waals surface area contributed by atoms with Gasteiger partial charge in [-0.2, -0.15) is 0 Å². The second-order valence-electron chi connectivity index (χ2n) is 5.12. The van der Waals surface area contributed by atoms with Gasteiger partial charge in [0.1, 0.15) is 4.88 Å². The van der Waals surface area contributed by atoms with Crippen molar-refractivity contribution in [3.63, 3.8) is 0 Å². The minimum Gasteiger partial charge on any atom is -0.465 e.